The summed E-state index contributed by atoms with van der Waals surface area (Å²) < 4.78 is 5.48. The largest absolute Gasteiger partial charge is 0.392 e. The second-order valence-corrected chi connectivity index (χ2v) is 3.99. The number of hydrogen-bond acceptors (Lipinski definition) is 4. The molecule has 1 aromatic rings. The standard InChI is InChI=1S/C12H18N2O2/c1-2-11-9-16-6-5-14(11)12-3-4-13-7-10(12)8-15/h3-4,7,11,15H,2,5-6,8-9H2,1H3. The van der Waals surface area contributed by atoms with Crippen molar-refractivity contribution in [1.82, 2.24) is 4.98 Å². The summed E-state index contributed by atoms with van der Waals surface area (Å²) in [5, 5.41) is 9.31. The van der Waals surface area contributed by atoms with E-state index in [0.29, 0.717) is 6.04 Å². The topological polar surface area (TPSA) is 45.6 Å². The Morgan fingerprint density at radius 2 is 2.50 bits per heavy atom. The van der Waals surface area contributed by atoms with Gasteiger partial charge in [0.15, 0.2) is 0 Å². The van der Waals surface area contributed by atoms with Crippen LogP contribution in [0.5, 0.6) is 0 Å². The minimum atomic E-state index is 0.0387. The molecular formula is C12H18N2O2. The molecule has 2 heterocycles. The van der Waals surface area contributed by atoms with Crippen LogP contribution in [-0.4, -0.2) is 35.9 Å². The molecule has 1 aromatic heterocycles. The average Bonchev–Trinajstić information content (AvgIpc) is 2.38. The van der Waals surface area contributed by atoms with Crippen molar-refractivity contribution < 1.29 is 9.84 Å². The number of anilines is 1. The van der Waals surface area contributed by atoms with Gasteiger partial charge in [0.25, 0.3) is 0 Å². The lowest BCUT2D eigenvalue weighted by molar-refractivity contribution is 0.0927. The predicted molar refractivity (Wildman–Crippen MR) is 62.4 cm³/mol. The van der Waals surface area contributed by atoms with Gasteiger partial charge in [-0.15, -0.1) is 0 Å². The molecule has 0 aromatic carbocycles. The summed E-state index contributed by atoms with van der Waals surface area (Å²) in [4.78, 5) is 6.36. The molecule has 0 spiro atoms. The summed E-state index contributed by atoms with van der Waals surface area (Å²) in [7, 11) is 0. The van der Waals surface area contributed by atoms with E-state index in [1.165, 1.54) is 0 Å². The zero-order valence-corrected chi connectivity index (χ0v) is 9.59. The first kappa shape index (κ1) is 11.4. The molecule has 0 saturated carbocycles. The monoisotopic (exact) mass is 222 g/mol. The number of rotatable bonds is 3. The van der Waals surface area contributed by atoms with Crippen molar-refractivity contribution in [2.75, 3.05) is 24.7 Å². The van der Waals surface area contributed by atoms with Gasteiger partial charge in [-0.3, -0.25) is 4.98 Å². The van der Waals surface area contributed by atoms with Crippen molar-refractivity contribution >= 4 is 5.69 Å². The molecule has 1 N–H and O–H groups in total. The maximum atomic E-state index is 9.31. The molecule has 1 fully saturated rings. The number of ether oxygens (including phenoxy) is 1. The lowest BCUT2D eigenvalue weighted by Crippen LogP contribution is -2.45. The first-order valence-corrected chi connectivity index (χ1v) is 5.75. The van der Waals surface area contributed by atoms with Gasteiger partial charge in [-0.2, -0.15) is 0 Å². The quantitative estimate of drug-likeness (QED) is 0.834. The van der Waals surface area contributed by atoms with Crippen molar-refractivity contribution in [2.24, 2.45) is 0 Å². The Kier molecular flexibility index (Phi) is 3.74. The van der Waals surface area contributed by atoms with Gasteiger partial charge in [0.1, 0.15) is 0 Å². The van der Waals surface area contributed by atoms with Crippen LogP contribution in [0.2, 0.25) is 0 Å². The van der Waals surface area contributed by atoms with Crippen molar-refractivity contribution in [3.63, 3.8) is 0 Å². The molecule has 88 valence electrons. The minimum absolute atomic E-state index is 0.0387. The van der Waals surface area contributed by atoms with Crippen LogP contribution in [0.4, 0.5) is 5.69 Å². The van der Waals surface area contributed by atoms with Crippen LogP contribution in [-0.2, 0) is 11.3 Å². The Labute approximate surface area is 95.9 Å². The predicted octanol–water partition coefficient (Wildman–Crippen LogP) is 1.19. The second kappa shape index (κ2) is 5.27. The fraction of sp³-hybridized carbons (Fsp3) is 0.583. The first-order valence-electron chi connectivity index (χ1n) is 5.75. The van der Waals surface area contributed by atoms with Gasteiger partial charge < -0.3 is 14.7 Å². The van der Waals surface area contributed by atoms with Crippen molar-refractivity contribution in [3.8, 4) is 0 Å². The molecule has 0 bridgehead atoms. The van der Waals surface area contributed by atoms with Gasteiger partial charge in [-0.25, -0.2) is 0 Å². The van der Waals surface area contributed by atoms with Crippen LogP contribution >= 0.6 is 0 Å². The molecule has 0 amide bonds. The van der Waals surface area contributed by atoms with Crippen LogP contribution < -0.4 is 4.90 Å². The molecule has 1 saturated heterocycles. The molecule has 1 aliphatic rings. The summed E-state index contributed by atoms with van der Waals surface area (Å²) in [5.41, 5.74) is 1.98. The highest BCUT2D eigenvalue weighted by Gasteiger charge is 2.23. The highest BCUT2D eigenvalue weighted by Crippen LogP contribution is 2.24. The molecule has 0 aliphatic carbocycles. The maximum Gasteiger partial charge on any atom is 0.0717 e. The lowest BCUT2D eigenvalue weighted by atomic mass is 10.1. The molecule has 4 heteroatoms. The normalized spacial score (nSPS) is 21.1. The van der Waals surface area contributed by atoms with E-state index in [2.05, 4.69) is 16.8 Å². The van der Waals surface area contributed by atoms with E-state index in [1.807, 2.05) is 6.07 Å². The van der Waals surface area contributed by atoms with E-state index in [4.69, 9.17) is 4.74 Å². The van der Waals surface area contributed by atoms with Gasteiger partial charge in [-0.1, -0.05) is 6.92 Å². The van der Waals surface area contributed by atoms with Crippen molar-refractivity contribution in [1.29, 1.82) is 0 Å². The summed E-state index contributed by atoms with van der Waals surface area (Å²) >= 11 is 0. The molecule has 4 nitrogen and oxygen atoms in total. The Morgan fingerprint density at radius 1 is 1.62 bits per heavy atom. The van der Waals surface area contributed by atoms with E-state index in [0.717, 1.165) is 37.4 Å². The fourth-order valence-electron chi connectivity index (χ4n) is 2.13. The number of hydrogen-bond donors (Lipinski definition) is 1. The third-order valence-corrected chi connectivity index (χ3v) is 3.06. The smallest absolute Gasteiger partial charge is 0.0717 e. The first-order chi connectivity index (χ1) is 7.86. The molecule has 16 heavy (non-hydrogen) atoms. The number of aliphatic hydroxyl groups is 1. The van der Waals surface area contributed by atoms with E-state index < -0.39 is 0 Å². The minimum Gasteiger partial charge on any atom is -0.392 e. The van der Waals surface area contributed by atoms with Crippen LogP contribution in [0.25, 0.3) is 0 Å². The van der Waals surface area contributed by atoms with Gasteiger partial charge in [-0.05, 0) is 12.5 Å². The molecule has 1 unspecified atom stereocenters. The van der Waals surface area contributed by atoms with Gasteiger partial charge >= 0.3 is 0 Å². The van der Waals surface area contributed by atoms with Crippen LogP contribution in [0.3, 0.4) is 0 Å². The van der Waals surface area contributed by atoms with Crippen LogP contribution in [0.1, 0.15) is 18.9 Å². The SMILES string of the molecule is CCC1COCCN1c1ccncc1CO. The van der Waals surface area contributed by atoms with Crippen LogP contribution in [0, 0.1) is 0 Å². The van der Waals surface area contributed by atoms with E-state index in [-0.39, 0.29) is 6.61 Å². The zero-order chi connectivity index (χ0) is 11.4. The Balaban J connectivity index is 2.26. The molecule has 2 rings (SSSR count). The Morgan fingerprint density at radius 3 is 3.25 bits per heavy atom. The highest BCUT2D eigenvalue weighted by molar-refractivity contribution is 5.53. The number of morpholine rings is 1. The van der Waals surface area contributed by atoms with Gasteiger partial charge in [0, 0.05) is 30.2 Å². The highest BCUT2D eigenvalue weighted by atomic mass is 16.5. The zero-order valence-electron chi connectivity index (χ0n) is 9.59. The Hall–Kier alpha value is -1.13. The number of aliphatic hydroxyl groups excluding tert-OH is 1. The third-order valence-electron chi connectivity index (χ3n) is 3.06. The van der Waals surface area contributed by atoms with Crippen molar-refractivity contribution in [2.45, 2.75) is 26.0 Å². The van der Waals surface area contributed by atoms with E-state index >= 15 is 0 Å². The maximum absolute atomic E-state index is 9.31. The summed E-state index contributed by atoms with van der Waals surface area (Å²) in [6, 6.07) is 2.38. The van der Waals surface area contributed by atoms with E-state index in [1.54, 1.807) is 12.4 Å². The van der Waals surface area contributed by atoms with Crippen LogP contribution in [0.15, 0.2) is 18.5 Å². The Bertz CT molecular complexity index is 344. The summed E-state index contributed by atoms with van der Waals surface area (Å²) in [5.74, 6) is 0. The second-order valence-electron chi connectivity index (χ2n) is 3.99. The molecule has 1 aliphatic heterocycles. The number of nitrogens with zero attached hydrogens (tertiary/aromatic N) is 2. The molecule has 0 radical (unpaired) electrons. The van der Waals surface area contributed by atoms with Crippen molar-refractivity contribution in [3.05, 3.63) is 24.0 Å². The van der Waals surface area contributed by atoms with Gasteiger partial charge in [0.2, 0.25) is 0 Å². The summed E-state index contributed by atoms with van der Waals surface area (Å²) in [6.45, 7) is 4.60. The van der Waals surface area contributed by atoms with Gasteiger partial charge in [0.05, 0.1) is 25.9 Å². The molecule has 1 atom stereocenters. The number of pyridine rings is 1. The number of aromatic nitrogens is 1. The molecular weight excluding hydrogens is 204 g/mol. The fourth-order valence-corrected chi connectivity index (χ4v) is 2.13. The lowest BCUT2D eigenvalue weighted by Gasteiger charge is -2.37. The van der Waals surface area contributed by atoms with E-state index in [9.17, 15) is 5.11 Å². The third kappa shape index (κ3) is 2.18. The summed E-state index contributed by atoms with van der Waals surface area (Å²) in [6.07, 6.45) is 4.56. The average molecular weight is 222 g/mol.